The number of ketones is 1. The van der Waals surface area contributed by atoms with Gasteiger partial charge in [0.15, 0.2) is 5.78 Å². The smallest absolute Gasteiger partial charge is 0.354 e. The molecule has 9 nitrogen and oxygen atoms in total. The average Bonchev–Trinajstić information content (AvgIpc) is 2.96. The highest BCUT2D eigenvalue weighted by Gasteiger charge is 2.34. The number of allylic oxidation sites excluding steroid dienone is 1. The SMILES string of the molecule is C=C1C(=O)c2cc(C(=O)O)[nH]c2-c2c(C(=O)O)cc(C(=O)O)nc21. The van der Waals surface area contributed by atoms with E-state index in [0.29, 0.717) is 0 Å². The molecule has 4 N–H and O–H groups in total. The Morgan fingerprint density at radius 3 is 2.25 bits per heavy atom. The standard InChI is InChI=1S/C15H8N2O7/c1-4-10-9(5(13(19)20)2-7(16-10)14(21)22)11-6(12(4)18)3-8(17-11)15(23)24/h2-3,17H,1H2,(H,19,20)(H,21,22)(H,23,24). The summed E-state index contributed by atoms with van der Waals surface area (Å²) in [6.07, 6.45) is 0. The summed E-state index contributed by atoms with van der Waals surface area (Å²) in [6.45, 7) is 3.53. The zero-order valence-electron chi connectivity index (χ0n) is 11.8. The summed E-state index contributed by atoms with van der Waals surface area (Å²) in [4.78, 5) is 52.4. The van der Waals surface area contributed by atoms with Gasteiger partial charge in [-0.2, -0.15) is 0 Å². The van der Waals surface area contributed by atoms with Crippen LogP contribution in [0.15, 0.2) is 18.7 Å². The molecule has 0 fully saturated rings. The molecule has 0 amide bonds. The van der Waals surface area contributed by atoms with Crippen LogP contribution in [0.5, 0.6) is 0 Å². The number of H-pyrrole nitrogens is 1. The van der Waals surface area contributed by atoms with Crippen LogP contribution < -0.4 is 0 Å². The summed E-state index contributed by atoms with van der Waals surface area (Å²) in [5.41, 5.74) is -1.88. The van der Waals surface area contributed by atoms with E-state index in [-0.39, 0.29) is 33.8 Å². The molecule has 3 rings (SSSR count). The normalized spacial score (nSPS) is 12.5. The van der Waals surface area contributed by atoms with Crippen molar-refractivity contribution in [2.45, 2.75) is 0 Å². The van der Waals surface area contributed by atoms with Crippen LogP contribution in [0.2, 0.25) is 0 Å². The van der Waals surface area contributed by atoms with Gasteiger partial charge >= 0.3 is 17.9 Å². The van der Waals surface area contributed by atoms with Gasteiger partial charge in [0.2, 0.25) is 0 Å². The minimum Gasteiger partial charge on any atom is -0.478 e. The van der Waals surface area contributed by atoms with Gasteiger partial charge in [0.25, 0.3) is 0 Å². The molecule has 0 saturated heterocycles. The first-order chi connectivity index (χ1) is 11.2. The van der Waals surface area contributed by atoms with Crippen LogP contribution in [-0.4, -0.2) is 49.0 Å². The molecular formula is C15H8N2O7. The number of fused-ring (bicyclic) bond motifs is 3. The Balaban J connectivity index is 2.43. The number of nitrogens with zero attached hydrogens (tertiary/aromatic N) is 1. The predicted octanol–water partition coefficient (Wildman–Crippen LogP) is 1.38. The summed E-state index contributed by atoms with van der Waals surface area (Å²) in [5, 5.41) is 27.5. The van der Waals surface area contributed by atoms with Gasteiger partial charge in [-0.05, 0) is 12.1 Å². The molecule has 0 atom stereocenters. The lowest BCUT2D eigenvalue weighted by Gasteiger charge is -2.19. The number of hydrogen-bond donors (Lipinski definition) is 4. The molecular weight excluding hydrogens is 320 g/mol. The second kappa shape index (κ2) is 4.88. The molecule has 2 aromatic heterocycles. The Labute approximate surface area is 132 Å². The van der Waals surface area contributed by atoms with Crippen molar-refractivity contribution in [2.24, 2.45) is 0 Å². The van der Waals surface area contributed by atoms with Gasteiger partial charge in [-0.15, -0.1) is 0 Å². The monoisotopic (exact) mass is 328 g/mol. The van der Waals surface area contributed by atoms with Crippen molar-refractivity contribution >= 4 is 29.3 Å². The first-order valence-electron chi connectivity index (χ1n) is 6.44. The lowest BCUT2D eigenvalue weighted by molar-refractivity contribution is 0.0677. The number of carboxylic acid groups (broad SMARTS) is 3. The molecule has 24 heavy (non-hydrogen) atoms. The lowest BCUT2D eigenvalue weighted by Crippen LogP contribution is -2.17. The van der Waals surface area contributed by atoms with Crippen molar-refractivity contribution in [1.82, 2.24) is 9.97 Å². The van der Waals surface area contributed by atoms with Crippen molar-refractivity contribution in [2.75, 3.05) is 0 Å². The van der Waals surface area contributed by atoms with Crippen molar-refractivity contribution in [3.05, 3.63) is 46.9 Å². The number of Topliss-reactive ketones (excluding diaryl/α,β-unsaturated/α-hetero) is 1. The second-order valence-corrected chi connectivity index (χ2v) is 4.97. The molecule has 1 aliphatic carbocycles. The van der Waals surface area contributed by atoms with E-state index in [1.165, 1.54) is 0 Å². The van der Waals surface area contributed by atoms with E-state index in [1.54, 1.807) is 0 Å². The van der Waals surface area contributed by atoms with Crippen molar-refractivity contribution < 1.29 is 34.5 Å². The number of hydrogen-bond acceptors (Lipinski definition) is 5. The number of aromatic carboxylic acids is 3. The Kier molecular flexibility index (Phi) is 3.08. The molecule has 0 bridgehead atoms. The lowest BCUT2D eigenvalue weighted by atomic mass is 9.86. The van der Waals surface area contributed by atoms with Crippen molar-refractivity contribution in [1.29, 1.82) is 0 Å². The van der Waals surface area contributed by atoms with Crippen LogP contribution in [-0.2, 0) is 0 Å². The molecule has 0 saturated carbocycles. The first-order valence-corrected chi connectivity index (χ1v) is 6.44. The summed E-state index contributed by atoms with van der Waals surface area (Å²) in [5.74, 6) is -4.91. The Bertz CT molecular complexity index is 984. The number of carbonyl (C=O) groups is 4. The Hall–Kier alpha value is -3.75. The van der Waals surface area contributed by atoms with Crippen LogP contribution in [0.1, 0.15) is 47.4 Å². The minimum absolute atomic E-state index is 0.0401. The maximum Gasteiger partial charge on any atom is 0.354 e. The number of aromatic amines is 1. The molecule has 0 aliphatic heterocycles. The number of rotatable bonds is 3. The quantitative estimate of drug-likeness (QED) is 0.615. The molecule has 0 spiro atoms. The maximum atomic E-state index is 12.3. The molecule has 120 valence electrons. The van der Waals surface area contributed by atoms with E-state index in [4.69, 9.17) is 10.2 Å². The van der Waals surface area contributed by atoms with Crippen LogP contribution in [0.3, 0.4) is 0 Å². The fourth-order valence-electron chi connectivity index (χ4n) is 2.51. The summed E-state index contributed by atoms with van der Waals surface area (Å²) >= 11 is 0. The molecule has 2 heterocycles. The van der Waals surface area contributed by atoms with Gasteiger partial charge < -0.3 is 20.3 Å². The highest BCUT2D eigenvalue weighted by molar-refractivity contribution is 6.34. The molecule has 0 unspecified atom stereocenters. The molecule has 0 radical (unpaired) electrons. The summed E-state index contributed by atoms with van der Waals surface area (Å²) in [7, 11) is 0. The van der Waals surface area contributed by atoms with E-state index >= 15 is 0 Å². The largest absolute Gasteiger partial charge is 0.478 e. The van der Waals surface area contributed by atoms with Gasteiger partial charge in [0, 0.05) is 16.7 Å². The van der Waals surface area contributed by atoms with Crippen LogP contribution >= 0.6 is 0 Å². The second-order valence-electron chi connectivity index (χ2n) is 4.97. The molecule has 0 aromatic carbocycles. The fourth-order valence-corrected chi connectivity index (χ4v) is 2.51. The molecule has 9 heteroatoms. The predicted molar refractivity (Wildman–Crippen MR) is 78.3 cm³/mol. The van der Waals surface area contributed by atoms with Gasteiger partial charge in [-0.3, -0.25) is 4.79 Å². The number of nitrogens with one attached hydrogen (secondary N) is 1. The van der Waals surface area contributed by atoms with Crippen LogP contribution in [0.25, 0.3) is 16.8 Å². The average molecular weight is 328 g/mol. The van der Waals surface area contributed by atoms with E-state index in [1.807, 2.05) is 0 Å². The fraction of sp³-hybridized carbons (Fsp3) is 0. The molecule has 1 aliphatic rings. The number of carbonyl (C=O) groups excluding carboxylic acids is 1. The zero-order valence-corrected chi connectivity index (χ0v) is 11.8. The zero-order chi connectivity index (χ0) is 17.8. The number of pyridine rings is 1. The first kappa shape index (κ1) is 15.2. The number of carboxylic acids is 3. The Morgan fingerprint density at radius 2 is 1.71 bits per heavy atom. The van der Waals surface area contributed by atoms with E-state index in [9.17, 15) is 24.3 Å². The van der Waals surface area contributed by atoms with E-state index < -0.39 is 34.9 Å². The summed E-state index contributed by atoms with van der Waals surface area (Å²) in [6, 6.07) is 1.92. The van der Waals surface area contributed by atoms with Crippen LogP contribution in [0.4, 0.5) is 0 Å². The minimum atomic E-state index is -1.47. The van der Waals surface area contributed by atoms with Crippen molar-refractivity contribution in [3.8, 4) is 11.3 Å². The van der Waals surface area contributed by atoms with E-state index in [2.05, 4.69) is 16.5 Å². The highest BCUT2D eigenvalue weighted by atomic mass is 16.4. The van der Waals surface area contributed by atoms with Crippen LogP contribution in [0, 0.1) is 0 Å². The third-order valence-corrected chi connectivity index (χ3v) is 3.57. The topological polar surface area (TPSA) is 158 Å². The summed E-state index contributed by atoms with van der Waals surface area (Å²) < 4.78 is 0. The van der Waals surface area contributed by atoms with Gasteiger partial charge in [-0.25, -0.2) is 19.4 Å². The third-order valence-electron chi connectivity index (χ3n) is 3.57. The molecule has 2 aromatic rings. The highest BCUT2D eigenvalue weighted by Crippen LogP contribution is 2.40. The Morgan fingerprint density at radius 1 is 1.04 bits per heavy atom. The third kappa shape index (κ3) is 1.99. The number of aromatic nitrogens is 2. The van der Waals surface area contributed by atoms with Gasteiger partial charge in [0.1, 0.15) is 11.4 Å². The van der Waals surface area contributed by atoms with Gasteiger partial charge in [-0.1, -0.05) is 6.58 Å². The van der Waals surface area contributed by atoms with Gasteiger partial charge in [0.05, 0.1) is 17.0 Å². The van der Waals surface area contributed by atoms with E-state index in [0.717, 1.165) is 12.1 Å². The van der Waals surface area contributed by atoms with Crippen molar-refractivity contribution in [3.63, 3.8) is 0 Å². The maximum absolute atomic E-state index is 12.3.